The van der Waals surface area contributed by atoms with Crippen LogP contribution >= 0.6 is 0 Å². The van der Waals surface area contributed by atoms with Crippen molar-refractivity contribution in [3.05, 3.63) is 28.7 Å². The maximum Gasteiger partial charge on any atom is 0.328 e. The first-order chi connectivity index (χ1) is 11.7. The van der Waals surface area contributed by atoms with Gasteiger partial charge in [-0.1, -0.05) is 6.92 Å². The Labute approximate surface area is 145 Å². The summed E-state index contributed by atoms with van der Waals surface area (Å²) in [6, 6.07) is 4.00. The van der Waals surface area contributed by atoms with Crippen LogP contribution in [0.5, 0.6) is 0 Å². The van der Waals surface area contributed by atoms with Crippen molar-refractivity contribution in [3.8, 4) is 0 Å². The summed E-state index contributed by atoms with van der Waals surface area (Å²) in [5, 5.41) is 9.32. The largest absolute Gasteiger partial charge is 0.481 e. The fourth-order valence-corrected chi connectivity index (χ4v) is 5.45. The van der Waals surface area contributed by atoms with E-state index < -0.39 is 28.0 Å². The molecule has 2 unspecified atom stereocenters. The second-order valence-corrected chi connectivity index (χ2v) is 8.27. The molecule has 25 heavy (non-hydrogen) atoms. The van der Waals surface area contributed by atoms with E-state index in [1.807, 2.05) is 0 Å². The number of nitrogens with zero attached hydrogens (tertiary/aromatic N) is 3. The number of hydrogen-bond donors (Lipinski definition) is 1. The first-order valence-electron chi connectivity index (χ1n) is 8.10. The van der Waals surface area contributed by atoms with E-state index in [-0.39, 0.29) is 17.1 Å². The number of aliphatic carboxylic acids is 1. The molecule has 1 aromatic carbocycles. The van der Waals surface area contributed by atoms with Gasteiger partial charge in [0.25, 0.3) is 0 Å². The highest BCUT2D eigenvalue weighted by molar-refractivity contribution is 7.89. The van der Waals surface area contributed by atoms with Gasteiger partial charge < -0.3 is 5.11 Å². The van der Waals surface area contributed by atoms with Crippen molar-refractivity contribution in [1.82, 2.24) is 13.4 Å². The van der Waals surface area contributed by atoms with Crippen molar-refractivity contribution in [2.24, 2.45) is 20.0 Å². The van der Waals surface area contributed by atoms with Gasteiger partial charge in [-0.2, -0.15) is 4.31 Å². The van der Waals surface area contributed by atoms with Crippen LogP contribution in [0.15, 0.2) is 27.9 Å². The van der Waals surface area contributed by atoms with E-state index in [0.29, 0.717) is 23.9 Å². The van der Waals surface area contributed by atoms with E-state index in [1.54, 1.807) is 27.1 Å². The molecule has 1 aliphatic heterocycles. The zero-order valence-electron chi connectivity index (χ0n) is 14.3. The Balaban J connectivity index is 2.09. The third-order valence-corrected chi connectivity index (χ3v) is 7.00. The van der Waals surface area contributed by atoms with Crippen LogP contribution in [0.2, 0.25) is 0 Å². The van der Waals surface area contributed by atoms with E-state index in [0.717, 1.165) is 0 Å². The number of fused-ring (bicyclic) bond motifs is 1. The van der Waals surface area contributed by atoms with E-state index in [4.69, 9.17) is 0 Å². The number of benzene rings is 1. The van der Waals surface area contributed by atoms with Crippen LogP contribution in [0.4, 0.5) is 0 Å². The highest BCUT2D eigenvalue weighted by Gasteiger charge is 2.43. The van der Waals surface area contributed by atoms with Crippen molar-refractivity contribution in [2.45, 2.75) is 30.7 Å². The van der Waals surface area contributed by atoms with Crippen molar-refractivity contribution < 1.29 is 18.3 Å². The van der Waals surface area contributed by atoms with Gasteiger partial charge in [0, 0.05) is 26.7 Å². The molecule has 1 aliphatic rings. The molecule has 9 heteroatoms. The summed E-state index contributed by atoms with van der Waals surface area (Å²) in [6.07, 6.45) is 0.738. The Morgan fingerprint density at radius 3 is 2.48 bits per heavy atom. The lowest BCUT2D eigenvalue weighted by atomic mass is 9.99. The molecule has 1 saturated heterocycles. The summed E-state index contributed by atoms with van der Waals surface area (Å²) < 4.78 is 30.3. The number of carboxylic acids is 1. The molecule has 1 N–H and O–H groups in total. The van der Waals surface area contributed by atoms with Crippen molar-refractivity contribution in [1.29, 1.82) is 0 Å². The van der Waals surface area contributed by atoms with E-state index in [1.165, 1.54) is 25.6 Å². The Morgan fingerprint density at radius 1 is 1.24 bits per heavy atom. The number of carboxylic acid groups (broad SMARTS) is 1. The van der Waals surface area contributed by atoms with Crippen LogP contribution in [-0.2, 0) is 28.9 Å². The molecule has 0 aliphatic carbocycles. The van der Waals surface area contributed by atoms with E-state index >= 15 is 0 Å². The molecule has 0 radical (unpaired) electrons. The molecular formula is C16H21N3O5S. The van der Waals surface area contributed by atoms with Crippen LogP contribution in [-0.4, -0.2) is 45.5 Å². The second-order valence-electron chi connectivity index (χ2n) is 6.38. The predicted octanol–water partition coefficient (Wildman–Crippen LogP) is 0.751. The zero-order valence-corrected chi connectivity index (χ0v) is 15.2. The number of carbonyl (C=O) groups is 1. The Hall–Kier alpha value is -2.13. The first kappa shape index (κ1) is 17.7. The fraction of sp³-hybridized carbons (Fsp3) is 0.500. The Kier molecular flexibility index (Phi) is 4.24. The standard InChI is InChI=1S/C16H21N3O5S/c1-4-12-11(15(20)21)7-8-19(12)25(23,24)10-5-6-13-14(9-10)18(3)16(22)17(13)2/h5-6,9,11-12H,4,7-8H2,1-3H3,(H,20,21). The van der Waals surface area contributed by atoms with E-state index in [9.17, 15) is 23.1 Å². The molecule has 0 saturated carbocycles. The summed E-state index contributed by atoms with van der Waals surface area (Å²) in [5.74, 6) is -1.66. The van der Waals surface area contributed by atoms with Crippen LogP contribution in [0, 0.1) is 5.92 Å². The predicted molar refractivity (Wildman–Crippen MR) is 91.9 cm³/mol. The minimum Gasteiger partial charge on any atom is -0.481 e. The summed E-state index contributed by atoms with van der Waals surface area (Å²) in [7, 11) is -0.614. The van der Waals surface area contributed by atoms with Gasteiger partial charge in [0.05, 0.1) is 21.8 Å². The summed E-state index contributed by atoms with van der Waals surface area (Å²) in [4.78, 5) is 23.5. The molecule has 0 amide bonds. The maximum absolute atomic E-state index is 13.1. The van der Waals surface area contributed by atoms with Crippen molar-refractivity contribution in [2.75, 3.05) is 6.54 Å². The molecule has 2 heterocycles. The van der Waals surface area contributed by atoms with Gasteiger partial charge >= 0.3 is 11.7 Å². The quantitative estimate of drug-likeness (QED) is 0.859. The molecule has 0 spiro atoms. The third kappa shape index (κ3) is 2.58. The van der Waals surface area contributed by atoms with Crippen LogP contribution < -0.4 is 5.69 Å². The van der Waals surface area contributed by atoms with Crippen molar-refractivity contribution >= 4 is 27.0 Å². The van der Waals surface area contributed by atoms with Crippen LogP contribution in [0.3, 0.4) is 0 Å². The number of aromatic nitrogens is 2. The molecule has 3 rings (SSSR count). The number of aryl methyl sites for hydroxylation is 2. The topological polar surface area (TPSA) is 102 Å². The van der Waals surface area contributed by atoms with Gasteiger partial charge in [-0.05, 0) is 31.0 Å². The number of rotatable bonds is 4. The van der Waals surface area contributed by atoms with Gasteiger partial charge in [-0.3, -0.25) is 13.9 Å². The molecule has 0 bridgehead atoms. The smallest absolute Gasteiger partial charge is 0.328 e. The fourth-order valence-electron chi connectivity index (χ4n) is 3.68. The summed E-state index contributed by atoms with van der Waals surface area (Å²) >= 11 is 0. The number of imidazole rings is 1. The Bertz CT molecular complexity index is 1000. The lowest BCUT2D eigenvalue weighted by molar-refractivity contribution is -0.142. The molecule has 8 nitrogen and oxygen atoms in total. The van der Waals surface area contributed by atoms with Crippen molar-refractivity contribution in [3.63, 3.8) is 0 Å². The minimum atomic E-state index is -3.83. The van der Waals surface area contributed by atoms with Gasteiger partial charge in [0.15, 0.2) is 0 Å². The summed E-state index contributed by atoms with van der Waals surface area (Å²) in [5.41, 5.74) is 0.932. The maximum atomic E-state index is 13.1. The highest BCUT2D eigenvalue weighted by Crippen LogP contribution is 2.33. The third-order valence-electron chi connectivity index (χ3n) is 5.08. The number of hydrogen-bond acceptors (Lipinski definition) is 4. The average molecular weight is 367 g/mol. The van der Waals surface area contributed by atoms with Crippen LogP contribution in [0.1, 0.15) is 19.8 Å². The lowest BCUT2D eigenvalue weighted by Crippen LogP contribution is -2.39. The lowest BCUT2D eigenvalue weighted by Gasteiger charge is -2.25. The monoisotopic (exact) mass is 367 g/mol. The number of sulfonamides is 1. The zero-order chi connectivity index (χ0) is 18.5. The van der Waals surface area contributed by atoms with Gasteiger partial charge in [0.1, 0.15) is 0 Å². The molecule has 2 aromatic rings. The molecule has 2 atom stereocenters. The molecule has 136 valence electrons. The van der Waals surface area contributed by atoms with Crippen LogP contribution in [0.25, 0.3) is 11.0 Å². The van der Waals surface area contributed by atoms with Gasteiger partial charge in [0.2, 0.25) is 10.0 Å². The first-order valence-corrected chi connectivity index (χ1v) is 9.54. The Morgan fingerprint density at radius 2 is 1.88 bits per heavy atom. The molecule has 1 aromatic heterocycles. The van der Waals surface area contributed by atoms with E-state index in [2.05, 4.69) is 0 Å². The minimum absolute atomic E-state index is 0.0747. The summed E-state index contributed by atoms with van der Waals surface area (Å²) in [6.45, 7) is 1.97. The second kappa shape index (κ2) is 5.99. The van der Waals surface area contributed by atoms with Gasteiger partial charge in [-0.15, -0.1) is 0 Å². The highest BCUT2D eigenvalue weighted by atomic mass is 32.2. The average Bonchev–Trinajstić information content (AvgIpc) is 3.11. The molecular weight excluding hydrogens is 346 g/mol. The SMILES string of the molecule is CCC1C(C(=O)O)CCN1S(=O)(=O)c1ccc2c(c1)n(C)c(=O)n2C. The molecule has 1 fully saturated rings. The van der Waals surface area contributed by atoms with Gasteiger partial charge in [-0.25, -0.2) is 13.2 Å². The normalized spacial score (nSPS) is 21.9.